The molecule has 1 aromatic carbocycles. The number of ether oxygens (including phenoxy) is 2. The zero-order valence-corrected chi connectivity index (χ0v) is 13.3. The number of amides is 1. The fraction of sp³-hybridized carbons (Fsp3) is 0.500. The first-order chi connectivity index (χ1) is 9.74. The van der Waals surface area contributed by atoms with Crippen LogP contribution in [0.1, 0.15) is 44.5 Å². The van der Waals surface area contributed by atoms with Crippen LogP contribution in [0.15, 0.2) is 24.3 Å². The lowest BCUT2D eigenvalue weighted by Crippen LogP contribution is -2.34. The van der Waals surface area contributed by atoms with Gasteiger partial charge in [-0.05, 0) is 45.4 Å². The second-order valence-electron chi connectivity index (χ2n) is 5.73. The van der Waals surface area contributed by atoms with Gasteiger partial charge in [-0.25, -0.2) is 9.59 Å². The van der Waals surface area contributed by atoms with E-state index in [-0.39, 0.29) is 0 Å². The molecule has 5 nitrogen and oxygen atoms in total. The molecule has 0 unspecified atom stereocenters. The van der Waals surface area contributed by atoms with Crippen molar-refractivity contribution in [3.05, 3.63) is 29.8 Å². The van der Waals surface area contributed by atoms with Crippen LogP contribution >= 0.6 is 0 Å². The third-order valence-corrected chi connectivity index (χ3v) is 2.57. The second-order valence-corrected chi connectivity index (χ2v) is 5.73. The molecule has 5 heteroatoms. The Balaban J connectivity index is 2.84. The molecular formula is C16H23NO4. The van der Waals surface area contributed by atoms with E-state index in [1.165, 1.54) is 4.90 Å². The maximum atomic E-state index is 12.0. The Morgan fingerprint density at radius 1 is 1.24 bits per heavy atom. The molecule has 0 atom stereocenters. The summed E-state index contributed by atoms with van der Waals surface area (Å²) < 4.78 is 10.4. The van der Waals surface area contributed by atoms with E-state index in [0.29, 0.717) is 17.9 Å². The largest absolute Gasteiger partial charge is 0.462 e. The number of esters is 1. The fourth-order valence-electron chi connectivity index (χ4n) is 1.56. The van der Waals surface area contributed by atoms with Crippen LogP contribution in [0.2, 0.25) is 0 Å². The summed E-state index contributed by atoms with van der Waals surface area (Å²) in [5.41, 5.74) is 0.426. The van der Waals surface area contributed by atoms with Crippen molar-refractivity contribution in [2.24, 2.45) is 0 Å². The highest BCUT2D eigenvalue weighted by Crippen LogP contribution is 2.18. The van der Waals surface area contributed by atoms with Crippen molar-refractivity contribution in [1.82, 2.24) is 0 Å². The second kappa shape index (κ2) is 7.11. The molecule has 0 aliphatic heterocycles. The summed E-state index contributed by atoms with van der Waals surface area (Å²) in [4.78, 5) is 25.2. The highest BCUT2D eigenvalue weighted by Gasteiger charge is 2.21. The lowest BCUT2D eigenvalue weighted by atomic mass is 10.2. The van der Waals surface area contributed by atoms with E-state index in [0.717, 1.165) is 6.42 Å². The van der Waals surface area contributed by atoms with Crippen molar-refractivity contribution in [2.45, 2.75) is 39.7 Å². The number of hydrogen-bond acceptors (Lipinski definition) is 4. The molecule has 0 bridgehead atoms. The fourth-order valence-corrected chi connectivity index (χ4v) is 1.56. The normalized spacial score (nSPS) is 10.9. The van der Waals surface area contributed by atoms with Gasteiger partial charge < -0.3 is 9.47 Å². The summed E-state index contributed by atoms with van der Waals surface area (Å²) in [6, 6.07) is 6.71. The van der Waals surface area contributed by atoms with E-state index >= 15 is 0 Å². The van der Waals surface area contributed by atoms with Crippen LogP contribution in [0.25, 0.3) is 0 Å². The minimum atomic E-state index is -0.566. The summed E-state index contributed by atoms with van der Waals surface area (Å²) in [5.74, 6) is -0.392. The average molecular weight is 293 g/mol. The van der Waals surface area contributed by atoms with Gasteiger partial charge >= 0.3 is 12.1 Å². The number of anilines is 1. The van der Waals surface area contributed by atoms with E-state index < -0.39 is 17.7 Å². The molecule has 0 aromatic heterocycles. The maximum absolute atomic E-state index is 12.0. The number of carbonyl (C=O) groups is 2. The molecule has 1 aromatic rings. The zero-order chi connectivity index (χ0) is 16.0. The van der Waals surface area contributed by atoms with Gasteiger partial charge in [-0.15, -0.1) is 0 Å². The van der Waals surface area contributed by atoms with Crippen LogP contribution in [0, 0.1) is 0 Å². The van der Waals surface area contributed by atoms with Crippen molar-refractivity contribution in [1.29, 1.82) is 0 Å². The molecule has 1 amide bonds. The monoisotopic (exact) mass is 293 g/mol. The molecule has 0 saturated carbocycles. The molecule has 0 heterocycles. The van der Waals surface area contributed by atoms with Crippen molar-refractivity contribution in [2.75, 3.05) is 18.6 Å². The first-order valence-corrected chi connectivity index (χ1v) is 6.98. The smallest absolute Gasteiger partial charge is 0.414 e. The van der Waals surface area contributed by atoms with Crippen molar-refractivity contribution in [3.8, 4) is 0 Å². The number of benzene rings is 1. The quantitative estimate of drug-likeness (QED) is 0.795. The number of nitrogens with zero attached hydrogens (tertiary/aromatic N) is 1. The van der Waals surface area contributed by atoms with Gasteiger partial charge in [0.05, 0.1) is 12.2 Å². The molecule has 21 heavy (non-hydrogen) atoms. The molecule has 0 aliphatic rings. The Morgan fingerprint density at radius 2 is 1.90 bits per heavy atom. The first-order valence-electron chi connectivity index (χ1n) is 6.98. The van der Waals surface area contributed by atoms with E-state index in [2.05, 4.69) is 0 Å². The minimum absolute atomic E-state index is 0.380. The van der Waals surface area contributed by atoms with Gasteiger partial charge in [0, 0.05) is 12.7 Å². The Labute approximate surface area is 125 Å². The lowest BCUT2D eigenvalue weighted by Gasteiger charge is -2.24. The topological polar surface area (TPSA) is 55.8 Å². The van der Waals surface area contributed by atoms with Gasteiger partial charge in [-0.1, -0.05) is 13.0 Å². The van der Waals surface area contributed by atoms with Gasteiger partial charge in [0.2, 0.25) is 0 Å². The summed E-state index contributed by atoms with van der Waals surface area (Å²) >= 11 is 0. The Bertz CT molecular complexity index is 505. The Hall–Kier alpha value is -2.04. The molecule has 0 fully saturated rings. The molecule has 1 rings (SSSR count). The lowest BCUT2D eigenvalue weighted by molar-refractivity contribution is 0.0503. The predicted molar refractivity (Wildman–Crippen MR) is 81.7 cm³/mol. The summed E-state index contributed by atoms with van der Waals surface area (Å²) in [6.07, 6.45) is 0.296. The van der Waals surface area contributed by atoms with E-state index in [1.807, 2.05) is 6.92 Å². The molecule has 116 valence electrons. The van der Waals surface area contributed by atoms with Crippen LogP contribution in [0.5, 0.6) is 0 Å². The standard InChI is InChI=1S/C16H23NO4/c1-6-10-20-14(18)12-8-7-9-13(11-12)17(5)15(19)21-16(2,3)4/h7-9,11H,6,10H2,1-5H3. The highest BCUT2D eigenvalue weighted by atomic mass is 16.6. The molecule has 0 aliphatic carbocycles. The molecule has 0 radical (unpaired) electrons. The number of hydrogen-bond donors (Lipinski definition) is 0. The van der Waals surface area contributed by atoms with Crippen molar-refractivity contribution >= 4 is 17.7 Å². The summed E-state index contributed by atoms with van der Waals surface area (Å²) in [7, 11) is 1.60. The van der Waals surface area contributed by atoms with E-state index in [4.69, 9.17) is 9.47 Å². The minimum Gasteiger partial charge on any atom is -0.462 e. The van der Waals surface area contributed by atoms with Crippen LogP contribution in [-0.4, -0.2) is 31.3 Å². The van der Waals surface area contributed by atoms with Crippen molar-refractivity contribution in [3.63, 3.8) is 0 Å². The van der Waals surface area contributed by atoms with Crippen LogP contribution < -0.4 is 4.90 Å². The van der Waals surface area contributed by atoms with Gasteiger partial charge in [0.25, 0.3) is 0 Å². The van der Waals surface area contributed by atoms with Gasteiger partial charge in [-0.3, -0.25) is 4.90 Å². The molecule has 0 N–H and O–H groups in total. The molecular weight excluding hydrogens is 270 g/mol. The maximum Gasteiger partial charge on any atom is 0.414 e. The number of rotatable bonds is 4. The predicted octanol–water partition coefficient (Wildman–Crippen LogP) is 3.62. The van der Waals surface area contributed by atoms with Crippen molar-refractivity contribution < 1.29 is 19.1 Å². The third-order valence-electron chi connectivity index (χ3n) is 2.57. The van der Waals surface area contributed by atoms with Gasteiger partial charge in [0.1, 0.15) is 5.60 Å². The molecule has 0 spiro atoms. The Morgan fingerprint density at radius 3 is 2.48 bits per heavy atom. The van der Waals surface area contributed by atoms with E-state index in [9.17, 15) is 9.59 Å². The van der Waals surface area contributed by atoms with Crippen LogP contribution in [0.3, 0.4) is 0 Å². The highest BCUT2D eigenvalue weighted by molar-refractivity contribution is 5.93. The number of carbonyl (C=O) groups excluding carboxylic acids is 2. The van der Waals surface area contributed by atoms with E-state index in [1.54, 1.807) is 52.1 Å². The molecule has 0 saturated heterocycles. The van der Waals surface area contributed by atoms with Crippen LogP contribution in [0.4, 0.5) is 10.5 Å². The van der Waals surface area contributed by atoms with Crippen LogP contribution in [-0.2, 0) is 9.47 Å². The SMILES string of the molecule is CCCOC(=O)c1cccc(N(C)C(=O)OC(C)(C)C)c1. The first kappa shape index (κ1) is 17.0. The summed E-state index contributed by atoms with van der Waals surface area (Å²) in [5, 5.41) is 0. The Kier molecular flexibility index (Phi) is 5.76. The third kappa shape index (κ3) is 5.45. The average Bonchev–Trinajstić information content (AvgIpc) is 2.42. The zero-order valence-electron chi connectivity index (χ0n) is 13.3. The van der Waals surface area contributed by atoms with Gasteiger partial charge in [0.15, 0.2) is 0 Å². The van der Waals surface area contributed by atoms with Gasteiger partial charge in [-0.2, -0.15) is 0 Å². The summed E-state index contributed by atoms with van der Waals surface area (Å²) in [6.45, 7) is 7.72.